The molecular formula is C13H17N3O6S. The number of carboxylic acid groups (broad SMARTS) is 1. The number of nitrogens with one attached hydrogen (secondary N) is 1. The fourth-order valence-electron chi connectivity index (χ4n) is 2.22. The number of anilines is 2. The Labute approximate surface area is 133 Å². The molecule has 1 aliphatic rings. The molecule has 1 amide bonds. The van der Waals surface area contributed by atoms with Gasteiger partial charge in [0.05, 0.1) is 5.69 Å². The Hall–Kier alpha value is -2.17. The molecule has 1 aromatic rings. The van der Waals surface area contributed by atoms with Gasteiger partial charge in [-0.15, -0.1) is 0 Å². The highest BCUT2D eigenvalue weighted by atomic mass is 32.2. The third-order valence-electron chi connectivity index (χ3n) is 3.75. The fraction of sp³-hybridized carbons (Fsp3) is 0.385. The lowest BCUT2D eigenvalue weighted by Gasteiger charge is -2.22. The summed E-state index contributed by atoms with van der Waals surface area (Å²) in [6.07, 6.45) is 0.505. The molecule has 1 aromatic carbocycles. The summed E-state index contributed by atoms with van der Waals surface area (Å²) in [5.74, 6) is -2.32. The number of hydrogen-bond acceptors (Lipinski definition) is 5. The van der Waals surface area contributed by atoms with E-state index >= 15 is 0 Å². The van der Waals surface area contributed by atoms with Crippen molar-refractivity contribution in [3.05, 3.63) is 23.8 Å². The van der Waals surface area contributed by atoms with Gasteiger partial charge < -0.3 is 15.2 Å². The van der Waals surface area contributed by atoms with Crippen LogP contribution in [0.1, 0.15) is 12.5 Å². The lowest BCUT2D eigenvalue weighted by molar-refractivity contribution is -0.165. The number of nitrogens with two attached hydrogens (primary N) is 1. The molecule has 9 nitrogen and oxygen atoms in total. The van der Waals surface area contributed by atoms with Gasteiger partial charge in [0.25, 0.3) is 16.1 Å². The Morgan fingerprint density at radius 2 is 2.09 bits per heavy atom. The highest BCUT2D eigenvalue weighted by molar-refractivity contribution is 7.90. The van der Waals surface area contributed by atoms with Crippen LogP contribution in [0.3, 0.4) is 0 Å². The first-order valence-electron chi connectivity index (χ1n) is 6.63. The van der Waals surface area contributed by atoms with E-state index in [1.54, 1.807) is 12.1 Å². The van der Waals surface area contributed by atoms with Gasteiger partial charge in [0.2, 0.25) is 5.60 Å². The number of rotatable bonds is 5. The van der Waals surface area contributed by atoms with Gasteiger partial charge in [-0.25, -0.2) is 9.93 Å². The average Bonchev–Trinajstić information content (AvgIpc) is 2.89. The molecule has 1 atom stereocenters. The van der Waals surface area contributed by atoms with Crippen LogP contribution in [0, 0.1) is 0 Å². The van der Waals surface area contributed by atoms with Crippen molar-refractivity contribution in [3.63, 3.8) is 0 Å². The van der Waals surface area contributed by atoms with Gasteiger partial charge in [-0.05, 0) is 31.0 Å². The number of carbonyl (C=O) groups is 2. The predicted octanol–water partition coefficient (Wildman–Crippen LogP) is -0.319. The van der Waals surface area contributed by atoms with E-state index < -0.39 is 27.7 Å². The molecule has 1 aliphatic heterocycles. The third kappa shape index (κ3) is 3.14. The normalized spacial score (nSPS) is 16.6. The number of carbonyl (C=O) groups excluding carboxylic acids is 1. The van der Waals surface area contributed by atoms with Crippen molar-refractivity contribution < 1.29 is 27.9 Å². The number of benzene rings is 1. The molecule has 0 fully saturated rings. The van der Waals surface area contributed by atoms with Crippen LogP contribution in [0.15, 0.2) is 18.2 Å². The molecule has 1 unspecified atom stereocenters. The van der Waals surface area contributed by atoms with E-state index in [1.807, 2.05) is 0 Å². The van der Waals surface area contributed by atoms with Crippen molar-refractivity contribution in [2.24, 2.45) is 5.14 Å². The van der Waals surface area contributed by atoms with Crippen LogP contribution in [0.5, 0.6) is 0 Å². The summed E-state index contributed by atoms with van der Waals surface area (Å²) >= 11 is 0. The van der Waals surface area contributed by atoms with Crippen molar-refractivity contribution in [2.45, 2.75) is 18.9 Å². The molecule has 2 rings (SSSR count). The molecule has 0 aliphatic carbocycles. The predicted molar refractivity (Wildman–Crippen MR) is 82.3 cm³/mol. The summed E-state index contributed by atoms with van der Waals surface area (Å²) in [4.78, 5) is 23.3. The van der Waals surface area contributed by atoms with Gasteiger partial charge in [-0.1, -0.05) is 6.07 Å². The third-order valence-corrected chi connectivity index (χ3v) is 4.75. The summed E-state index contributed by atoms with van der Waals surface area (Å²) in [5, 5.41) is 16.7. The van der Waals surface area contributed by atoms with Crippen LogP contribution in [0.2, 0.25) is 0 Å². The first-order valence-corrected chi connectivity index (χ1v) is 8.13. The Kier molecular flexibility index (Phi) is 4.33. The van der Waals surface area contributed by atoms with E-state index in [1.165, 1.54) is 6.07 Å². The quantitative estimate of drug-likeness (QED) is 0.626. The van der Waals surface area contributed by atoms with Crippen LogP contribution in [0.4, 0.5) is 11.4 Å². The molecular weight excluding hydrogens is 326 g/mol. The molecule has 4 N–H and O–H groups in total. The summed E-state index contributed by atoms with van der Waals surface area (Å²) in [5.41, 5.74) is -0.683. The van der Waals surface area contributed by atoms with E-state index in [0.717, 1.165) is 23.9 Å². The Morgan fingerprint density at radius 3 is 2.61 bits per heavy atom. The molecule has 1 heterocycles. The number of carboxylic acids is 1. The standard InChI is InChI=1S/C13H17N3O6S/c1-13(22-2,12(18)19)11(17)15-9-4-3-8-5-6-16(10(8)7-9)23(14,20)21/h3-4,7H,5-6H2,1-2H3,(H,15,17)(H,18,19)(H2,14,20,21). The van der Waals surface area contributed by atoms with Crippen LogP contribution in [-0.4, -0.2) is 44.7 Å². The zero-order valence-corrected chi connectivity index (χ0v) is 13.4. The maximum atomic E-state index is 12.1. The first-order chi connectivity index (χ1) is 10.6. The Bertz CT molecular complexity index is 763. The molecule has 0 radical (unpaired) electrons. The van der Waals surface area contributed by atoms with Crippen molar-refractivity contribution in [3.8, 4) is 0 Å². The van der Waals surface area contributed by atoms with E-state index in [-0.39, 0.29) is 12.2 Å². The minimum Gasteiger partial charge on any atom is -0.479 e. The first kappa shape index (κ1) is 17.2. The van der Waals surface area contributed by atoms with Crippen LogP contribution < -0.4 is 14.8 Å². The van der Waals surface area contributed by atoms with Gasteiger partial charge in [-0.2, -0.15) is 8.42 Å². The van der Waals surface area contributed by atoms with Gasteiger partial charge in [0.1, 0.15) is 0 Å². The summed E-state index contributed by atoms with van der Waals surface area (Å²) < 4.78 is 28.9. The summed E-state index contributed by atoms with van der Waals surface area (Å²) in [6.45, 7) is 1.34. The van der Waals surface area contributed by atoms with Gasteiger partial charge >= 0.3 is 5.97 Å². The van der Waals surface area contributed by atoms with E-state index in [9.17, 15) is 18.0 Å². The van der Waals surface area contributed by atoms with Crippen LogP contribution in [-0.2, 0) is 31.0 Å². The highest BCUT2D eigenvalue weighted by Gasteiger charge is 2.42. The highest BCUT2D eigenvalue weighted by Crippen LogP contribution is 2.32. The van der Waals surface area contributed by atoms with Crippen LogP contribution in [0.25, 0.3) is 0 Å². The summed E-state index contributed by atoms with van der Waals surface area (Å²) in [6, 6.07) is 4.64. The number of hydrogen-bond donors (Lipinski definition) is 3. The summed E-state index contributed by atoms with van der Waals surface area (Å²) in [7, 11) is -2.80. The van der Waals surface area contributed by atoms with Gasteiger partial charge in [0, 0.05) is 19.3 Å². The monoisotopic (exact) mass is 343 g/mol. The molecule has 0 bridgehead atoms. The number of aliphatic carboxylic acids is 1. The minimum atomic E-state index is -3.91. The fourth-order valence-corrected chi connectivity index (χ4v) is 3.01. The lowest BCUT2D eigenvalue weighted by atomic mass is 10.1. The number of methoxy groups -OCH3 is 1. The maximum absolute atomic E-state index is 12.1. The number of amides is 1. The van der Waals surface area contributed by atoms with Crippen LogP contribution >= 0.6 is 0 Å². The zero-order valence-electron chi connectivity index (χ0n) is 12.6. The van der Waals surface area contributed by atoms with E-state index in [4.69, 9.17) is 15.0 Å². The average molecular weight is 343 g/mol. The minimum absolute atomic E-state index is 0.219. The topological polar surface area (TPSA) is 139 Å². The molecule has 10 heteroatoms. The van der Waals surface area contributed by atoms with Crippen molar-refractivity contribution in [1.29, 1.82) is 0 Å². The second-order valence-electron chi connectivity index (χ2n) is 5.21. The second-order valence-corrected chi connectivity index (χ2v) is 6.68. The Morgan fingerprint density at radius 1 is 1.43 bits per heavy atom. The van der Waals surface area contributed by atoms with Crippen molar-refractivity contribution in [2.75, 3.05) is 23.3 Å². The van der Waals surface area contributed by atoms with E-state index in [2.05, 4.69) is 5.32 Å². The number of fused-ring (bicyclic) bond motifs is 1. The zero-order chi connectivity index (χ0) is 17.4. The van der Waals surface area contributed by atoms with Crippen molar-refractivity contribution in [1.82, 2.24) is 0 Å². The van der Waals surface area contributed by atoms with Crippen molar-refractivity contribution >= 4 is 33.5 Å². The number of ether oxygens (including phenoxy) is 1. The molecule has 0 saturated carbocycles. The molecule has 0 saturated heterocycles. The molecule has 23 heavy (non-hydrogen) atoms. The van der Waals surface area contributed by atoms with E-state index in [0.29, 0.717) is 12.1 Å². The number of nitrogens with zero attached hydrogens (tertiary/aromatic N) is 1. The second kappa shape index (κ2) is 5.80. The lowest BCUT2D eigenvalue weighted by Crippen LogP contribution is -2.48. The smallest absolute Gasteiger partial charge is 0.345 e. The molecule has 126 valence electrons. The Balaban J connectivity index is 2.31. The molecule has 0 aromatic heterocycles. The maximum Gasteiger partial charge on any atom is 0.345 e. The SMILES string of the molecule is COC(C)(C(=O)O)C(=O)Nc1ccc2c(c1)N(S(N)(=O)=O)CC2. The largest absolute Gasteiger partial charge is 0.479 e. The van der Waals surface area contributed by atoms with Gasteiger partial charge in [0.15, 0.2) is 0 Å². The van der Waals surface area contributed by atoms with Gasteiger partial charge in [-0.3, -0.25) is 9.10 Å². The molecule has 0 spiro atoms.